The minimum atomic E-state index is -1.71. The average Bonchev–Trinajstić information content (AvgIpc) is 2.74. The van der Waals surface area contributed by atoms with Gasteiger partial charge in [0.1, 0.15) is 11.5 Å². The predicted octanol–water partition coefficient (Wildman–Crippen LogP) is 3.09. The molecule has 0 radical (unpaired) electrons. The van der Waals surface area contributed by atoms with Gasteiger partial charge in [0.2, 0.25) is 0 Å². The van der Waals surface area contributed by atoms with Crippen LogP contribution in [-0.2, 0) is 4.74 Å². The van der Waals surface area contributed by atoms with E-state index in [0.29, 0.717) is 54.6 Å². The zero-order valence-electron chi connectivity index (χ0n) is 17.5. The maximum Gasteiger partial charge on any atom is 0.189 e. The maximum atomic E-state index is 10.2. The van der Waals surface area contributed by atoms with Gasteiger partial charge in [-0.15, -0.1) is 0 Å². The highest BCUT2D eigenvalue weighted by atomic mass is 16.5. The molecule has 0 saturated carbocycles. The van der Waals surface area contributed by atoms with Crippen LogP contribution < -0.4 is 10.5 Å². The highest BCUT2D eigenvalue weighted by molar-refractivity contribution is 5.87. The molecule has 2 N–H and O–H groups in total. The average molecular weight is 403 g/mol. The number of hydrogen-bond acceptors (Lipinski definition) is 7. The molecular formula is C23H25N5O2. The van der Waals surface area contributed by atoms with Gasteiger partial charge in [-0.05, 0) is 38.6 Å². The first-order valence-electron chi connectivity index (χ1n) is 9.98. The number of anilines is 1. The number of nitrogens with two attached hydrogens (primary N) is 1. The summed E-state index contributed by atoms with van der Waals surface area (Å²) in [5, 5.41) is 30.5. The largest absolute Gasteiger partial charge is 0.494 e. The lowest BCUT2D eigenvalue weighted by Crippen LogP contribution is -2.46. The first kappa shape index (κ1) is 21.2. The topological polar surface area (TPSA) is 119 Å². The van der Waals surface area contributed by atoms with E-state index in [0.717, 1.165) is 5.57 Å². The van der Waals surface area contributed by atoms with Crippen molar-refractivity contribution in [3.63, 3.8) is 0 Å². The minimum Gasteiger partial charge on any atom is -0.494 e. The number of hydrogen-bond donors (Lipinski definition) is 1. The number of rotatable bonds is 5. The molecule has 2 unspecified atom stereocenters. The molecule has 154 valence electrons. The lowest BCUT2D eigenvalue weighted by Gasteiger charge is -2.44. The van der Waals surface area contributed by atoms with Gasteiger partial charge in [-0.3, -0.25) is 0 Å². The monoisotopic (exact) mass is 403 g/mol. The molecule has 0 saturated heterocycles. The van der Waals surface area contributed by atoms with Crippen molar-refractivity contribution in [3.8, 4) is 24.0 Å². The third-order valence-electron chi connectivity index (χ3n) is 5.67. The van der Waals surface area contributed by atoms with E-state index in [1.165, 1.54) is 0 Å². The smallest absolute Gasteiger partial charge is 0.189 e. The Morgan fingerprint density at radius 3 is 2.43 bits per heavy atom. The second kappa shape index (κ2) is 8.49. The van der Waals surface area contributed by atoms with E-state index in [-0.39, 0.29) is 5.92 Å². The maximum absolute atomic E-state index is 10.2. The second-order valence-electron chi connectivity index (χ2n) is 7.44. The Bertz CT molecular complexity index is 1010. The zero-order chi connectivity index (χ0) is 21.9. The Hall–Kier alpha value is -3.47. The van der Waals surface area contributed by atoms with Crippen LogP contribution in [0.3, 0.4) is 0 Å². The van der Waals surface area contributed by atoms with Gasteiger partial charge in [-0.25, -0.2) is 0 Å². The summed E-state index contributed by atoms with van der Waals surface area (Å²) in [6.07, 6.45) is 2.02. The van der Waals surface area contributed by atoms with Gasteiger partial charge in [0.15, 0.2) is 5.41 Å². The summed E-state index contributed by atoms with van der Waals surface area (Å²) >= 11 is 0. The van der Waals surface area contributed by atoms with Crippen molar-refractivity contribution < 1.29 is 9.47 Å². The SMILES string of the molecule is CCOC1=C(c2ccc(OCC)cc2N)C(C#N)(C#N)C(C#N)C2CN(C)CC=C12. The Labute approximate surface area is 177 Å². The van der Waals surface area contributed by atoms with Crippen molar-refractivity contribution in [2.24, 2.45) is 17.3 Å². The van der Waals surface area contributed by atoms with Gasteiger partial charge in [-0.2, -0.15) is 15.8 Å². The molecule has 2 atom stereocenters. The fraction of sp³-hybridized carbons (Fsp3) is 0.435. The van der Waals surface area contributed by atoms with Gasteiger partial charge in [-0.1, -0.05) is 6.08 Å². The van der Waals surface area contributed by atoms with Crippen molar-refractivity contribution in [2.75, 3.05) is 39.1 Å². The normalized spacial score (nSPS) is 22.7. The number of ether oxygens (including phenoxy) is 2. The third-order valence-corrected chi connectivity index (χ3v) is 5.67. The number of nitriles is 3. The molecule has 0 fully saturated rings. The van der Waals surface area contributed by atoms with Crippen molar-refractivity contribution in [3.05, 3.63) is 41.2 Å². The molecule has 0 spiro atoms. The Balaban J connectivity index is 2.37. The molecule has 7 nitrogen and oxygen atoms in total. The molecule has 3 rings (SSSR count). The molecule has 1 aliphatic heterocycles. The lowest BCUT2D eigenvalue weighted by atomic mass is 9.58. The summed E-state index contributed by atoms with van der Waals surface area (Å²) in [7, 11) is 1.95. The van der Waals surface area contributed by atoms with Crippen molar-refractivity contribution in [1.82, 2.24) is 4.90 Å². The van der Waals surface area contributed by atoms with Crippen LogP contribution in [0.2, 0.25) is 0 Å². The van der Waals surface area contributed by atoms with Gasteiger partial charge in [0, 0.05) is 41.9 Å². The molecule has 30 heavy (non-hydrogen) atoms. The van der Waals surface area contributed by atoms with E-state index in [9.17, 15) is 15.8 Å². The van der Waals surface area contributed by atoms with E-state index in [2.05, 4.69) is 23.1 Å². The van der Waals surface area contributed by atoms with Crippen LogP contribution in [0.4, 0.5) is 5.69 Å². The summed E-state index contributed by atoms with van der Waals surface area (Å²) in [6.45, 7) is 5.84. The summed E-state index contributed by atoms with van der Waals surface area (Å²) in [6, 6.07) is 11.8. The number of nitrogen functional groups attached to an aromatic ring is 1. The van der Waals surface area contributed by atoms with Crippen LogP contribution in [0.1, 0.15) is 19.4 Å². The fourth-order valence-electron chi connectivity index (χ4n) is 4.36. The summed E-state index contributed by atoms with van der Waals surface area (Å²) in [5.41, 5.74) is 6.76. The van der Waals surface area contributed by atoms with Crippen LogP contribution >= 0.6 is 0 Å². The number of allylic oxidation sites excluding steroid dienone is 2. The molecule has 1 aromatic rings. The second-order valence-corrected chi connectivity index (χ2v) is 7.44. The molecule has 2 aliphatic rings. The third kappa shape index (κ3) is 3.26. The van der Waals surface area contributed by atoms with Crippen LogP contribution in [0.25, 0.3) is 5.57 Å². The highest BCUT2D eigenvalue weighted by Gasteiger charge is 2.56. The Kier molecular flexibility index (Phi) is 6.01. The van der Waals surface area contributed by atoms with Crippen LogP contribution in [0, 0.1) is 51.2 Å². The summed E-state index contributed by atoms with van der Waals surface area (Å²) < 4.78 is 11.6. The van der Waals surface area contributed by atoms with Crippen molar-refractivity contribution >= 4 is 11.3 Å². The molecule has 0 bridgehead atoms. The van der Waals surface area contributed by atoms with Gasteiger partial charge < -0.3 is 20.1 Å². The Morgan fingerprint density at radius 1 is 1.17 bits per heavy atom. The van der Waals surface area contributed by atoms with Crippen molar-refractivity contribution in [1.29, 1.82) is 15.8 Å². The minimum absolute atomic E-state index is 0.303. The molecular weight excluding hydrogens is 378 g/mol. The highest BCUT2D eigenvalue weighted by Crippen LogP contribution is 2.55. The first-order valence-corrected chi connectivity index (χ1v) is 9.98. The predicted molar refractivity (Wildman–Crippen MR) is 112 cm³/mol. The van der Waals surface area contributed by atoms with Gasteiger partial charge in [0.25, 0.3) is 0 Å². The summed E-state index contributed by atoms with van der Waals surface area (Å²) in [5.74, 6) is -0.0733. The van der Waals surface area contributed by atoms with Crippen LogP contribution in [0.5, 0.6) is 5.75 Å². The fourth-order valence-corrected chi connectivity index (χ4v) is 4.36. The van der Waals surface area contributed by atoms with E-state index >= 15 is 0 Å². The van der Waals surface area contributed by atoms with E-state index in [1.807, 2.05) is 27.0 Å². The summed E-state index contributed by atoms with van der Waals surface area (Å²) in [4.78, 5) is 2.07. The standard InChI is InChI=1S/C23H25N5O2/c1-4-29-15-6-7-17(20(27)10-15)21-22(30-5-2)16-8-9-28(3)12-18(16)19(11-24)23(21,13-25)14-26/h6-8,10,18-19H,4-5,9,12,27H2,1-3H3. The van der Waals surface area contributed by atoms with E-state index in [1.54, 1.807) is 18.2 Å². The number of fused-ring (bicyclic) bond motifs is 1. The van der Waals surface area contributed by atoms with Gasteiger partial charge >= 0.3 is 0 Å². The van der Waals surface area contributed by atoms with Gasteiger partial charge in [0.05, 0.1) is 37.3 Å². The number of likely N-dealkylation sites (N-methyl/N-ethyl adjacent to an activating group) is 1. The van der Waals surface area contributed by atoms with Crippen LogP contribution in [0.15, 0.2) is 35.6 Å². The molecule has 1 heterocycles. The number of benzene rings is 1. The first-order chi connectivity index (χ1) is 14.5. The zero-order valence-corrected chi connectivity index (χ0v) is 17.5. The number of nitrogens with zero attached hydrogens (tertiary/aromatic N) is 4. The van der Waals surface area contributed by atoms with Crippen molar-refractivity contribution in [2.45, 2.75) is 13.8 Å². The molecule has 1 aliphatic carbocycles. The molecule has 7 heteroatoms. The van der Waals surface area contributed by atoms with Crippen LogP contribution in [-0.4, -0.2) is 38.3 Å². The lowest BCUT2D eigenvalue weighted by molar-refractivity contribution is 0.181. The van der Waals surface area contributed by atoms with E-state index in [4.69, 9.17) is 15.2 Å². The molecule has 0 aromatic heterocycles. The Morgan fingerprint density at radius 2 is 1.87 bits per heavy atom. The van der Waals surface area contributed by atoms with E-state index < -0.39 is 11.3 Å². The molecule has 1 aromatic carbocycles. The molecule has 0 amide bonds. The quantitative estimate of drug-likeness (QED) is 0.750.